The molecule has 2 heterocycles. The fourth-order valence-electron chi connectivity index (χ4n) is 2.70. The number of hydrogen-bond donors (Lipinski definition) is 1. The number of benzene rings is 1. The standard InChI is InChI=1S/C21H25FN4O2S/c1-13-16(12-14-8-5-6-9-15(14)22)29-20(23-13)24-17(27)10-7-11-18-25-19(26-28-18)21(2,3)4/h5-6,8-9H,7,10-12H2,1-4H3,(H,23,24,27). The predicted molar refractivity (Wildman–Crippen MR) is 111 cm³/mol. The van der Waals surface area contributed by atoms with Crippen molar-refractivity contribution in [2.24, 2.45) is 0 Å². The second-order valence-corrected chi connectivity index (χ2v) is 9.04. The molecule has 0 saturated heterocycles. The molecule has 0 unspecified atom stereocenters. The van der Waals surface area contributed by atoms with Gasteiger partial charge in [0.05, 0.1) is 5.69 Å². The summed E-state index contributed by atoms with van der Waals surface area (Å²) in [5, 5.41) is 7.35. The van der Waals surface area contributed by atoms with Gasteiger partial charge >= 0.3 is 0 Å². The Morgan fingerprint density at radius 3 is 2.69 bits per heavy atom. The van der Waals surface area contributed by atoms with Crippen LogP contribution in [0.15, 0.2) is 28.8 Å². The lowest BCUT2D eigenvalue weighted by atomic mass is 9.96. The number of aryl methyl sites for hydroxylation is 2. The third-order valence-electron chi connectivity index (χ3n) is 4.38. The van der Waals surface area contributed by atoms with Crippen molar-refractivity contribution in [3.05, 3.63) is 57.9 Å². The first-order valence-electron chi connectivity index (χ1n) is 9.55. The van der Waals surface area contributed by atoms with E-state index in [1.165, 1.54) is 17.4 Å². The Balaban J connectivity index is 1.51. The topological polar surface area (TPSA) is 80.9 Å². The largest absolute Gasteiger partial charge is 0.339 e. The van der Waals surface area contributed by atoms with Gasteiger partial charge in [-0.25, -0.2) is 9.37 Å². The lowest BCUT2D eigenvalue weighted by molar-refractivity contribution is -0.116. The maximum atomic E-state index is 13.9. The second-order valence-electron chi connectivity index (χ2n) is 7.96. The normalized spacial score (nSPS) is 11.6. The van der Waals surface area contributed by atoms with Crippen molar-refractivity contribution in [2.75, 3.05) is 5.32 Å². The van der Waals surface area contributed by atoms with Crippen molar-refractivity contribution in [3.63, 3.8) is 0 Å². The number of amides is 1. The van der Waals surface area contributed by atoms with Crippen LogP contribution in [0.3, 0.4) is 0 Å². The quantitative estimate of drug-likeness (QED) is 0.597. The van der Waals surface area contributed by atoms with E-state index in [1.807, 2.05) is 33.8 Å². The van der Waals surface area contributed by atoms with Gasteiger partial charge in [-0.2, -0.15) is 4.98 Å². The molecule has 0 bridgehead atoms. The molecule has 0 radical (unpaired) electrons. The molecule has 8 heteroatoms. The third-order valence-corrected chi connectivity index (χ3v) is 5.45. The maximum Gasteiger partial charge on any atom is 0.226 e. The van der Waals surface area contributed by atoms with Crippen LogP contribution in [0.1, 0.15) is 61.5 Å². The van der Waals surface area contributed by atoms with Crippen LogP contribution in [0.4, 0.5) is 9.52 Å². The van der Waals surface area contributed by atoms with Crippen LogP contribution in [0.2, 0.25) is 0 Å². The molecular weight excluding hydrogens is 391 g/mol. The first kappa shape index (κ1) is 21.1. The summed E-state index contributed by atoms with van der Waals surface area (Å²) in [7, 11) is 0. The molecule has 0 aliphatic heterocycles. The van der Waals surface area contributed by atoms with Crippen LogP contribution < -0.4 is 5.32 Å². The molecule has 1 amide bonds. The summed E-state index contributed by atoms with van der Waals surface area (Å²) in [6.07, 6.45) is 1.93. The summed E-state index contributed by atoms with van der Waals surface area (Å²) in [5.41, 5.74) is 1.25. The number of thiazole rings is 1. The number of rotatable bonds is 7. The average Bonchev–Trinajstić information content (AvgIpc) is 3.24. The Labute approximate surface area is 173 Å². The van der Waals surface area contributed by atoms with E-state index in [0.717, 1.165) is 10.6 Å². The van der Waals surface area contributed by atoms with E-state index >= 15 is 0 Å². The summed E-state index contributed by atoms with van der Waals surface area (Å²) in [4.78, 5) is 21.9. The van der Waals surface area contributed by atoms with Gasteiger partial charge in [0.25, 0.3) is 0 Å². The summed E-state index contributed by atoms with van der Waals surface area (Å²) in [6, 6.07) is 6.69. The molecule has 0 aliphatic carbocycles. The minimum Gasteiger partial charge on any atom is -0.339 e. The van der Waals surface area contributed by atoms with Crippen molar-refractivity contribution in [1.29, 1.82) is 0 Å². The number of halogens is 1. The van der Waals surface area contributed by atoms with Gasteiger partial charge in [0.1, 0.15) is 5.82 Å². The van der Waals surface area contributed by atoms with Gasteiger partial charge in [0, 0.05) is 29.6 Å². The van der Waals surface area contributed by atoms with Crippen LogP contribution in [0, 0.1) is 12.7 Å². The van der Waals surface area contributed by atoms with Crippen molar-refractivity contribution < 1.29 is 13.7 Å². The summed E-state index contributed by atoms with van der Waals surface area (Å²) in [5.74, 6) is 0.853. The molecule has 0 saturated carbocycles. The Morgan fingerprint density at radius 2 is 2.00 bits per heavy atom. The van der Waals surface area contributed by atoms with Crippen molar-refractivity contribution in [1.82, 2.24) is 15.1 Å². The number of carbonyl (C=O) groups is 1. The Hall–Kier alpha value is -2.61. The molecule has 1 aromatic carbocycles. The van der Waals surface area contributed by atoms with Crippen LogP contribution in [-0.4, -0.2) is 21.0 Å². The molecule has 154 valence electrons. The highest BCUT2D eigenvalue weighted by Crippen LogP contribution is 2.26. The van der Waals surface area contributed by atoms with Crippen molar-refractivity contribution in [3.8, 4) is 0 Å². The number of aromatic nitrogens is 3. The van der Waals surface area contributed by atoms with Gasteiger partial charge in [-0.05, 0) is 25.0 Å². The van der Waals surface area contributed by atoms with E-state index in [2.05, 4.69) is 20.4 Å². The SMILES string of the molecule is Cc1nc(NC(=O)CCCc2nc(C(C)(C)C)no2)sc1Cc1ccccc1F. The molecule has 6 nitrogen and oxygen atoms in total. The zero-order valence-electron chi connectivity index (χ0n) is 17.1. The molecule has 29 heavy (non-hydrogen) atoms. The maximum absolute atomic E-state index is 13.9. The van der Waals surface area contributed by atoms with Gasteiger partial charge in [-0.15, -0.1) is 11.3 Å². The lowest BCUT2D eigenvalue weighted by Gasteiger charge is -2.10. The highest BCUT2D eigenvalue weighted by Gasteiger charge is 2.21. The summed E-state index contributed by atoms with van der Waals surface area (Å²) < 4.78 is 19.1. The van der Waals surface area contributed by atoms with E-state index < -0.39 is 0 Å². The smallest absolute Gasteiger partial charge is 0.226 e. The van der Waals surface area contributed by atoms with Crippen LogP contribution in [0.25, 0.3) is 0 Å². The molecule has 2 aromatic heterocycles. The Kier molecular flexibility index (Phi) is 6.42. The number of nitrogens with zero attached hydrogens (tertiary/aromatic N) is 3. The molecule has 0 fully saturated rings. The molecule has 0 spiro atoms. The molecule has 1 N–H and O–H groups in total. The van der Waals surface area contributed by atoms with E-state index in [4.69, 9.17) is 4.52 Å². The van der Waals surface area contributed by atoms with Gasteiger partial charge in [0.15, 0.2) is 11.0 Å². The van der Waals surface area contributed by atoms with E-state index in [1.54, 1.807) is 12.1 Å². The minimum atomic E-state index is -0.235. The predicted octanol–water partition coefficient (Wildman–Crippen LogP) is 4.82. The van der Waals surface area contributed by atoms with Gasteiger partial charge in [0.2, 0.25) is 11.8 Å². The average molecular weight is 417 g/mol. The highest BCUT2D eigenvalue weighted by molar-refractivity contribution is 7.15. The number of nitrogens with one attached hydrogen (secondary N) is 1. The Bertz CT molecular complexity index is 991. The first-order chi connectivity index (χ1) is 13.7. The number of carbonyl (C=O) groups excluding carboxylic acids is 1. The first-order valence-corrected chi connectivity index (χ1v) is 10.4. The zero-order chi connectivity index (χ0) is 21.0. The Morgan fingerprint density at radius 1 is 1.24 bits per heavy atom. The van der Waals surface area contributed by atoms with Gasteiger partial charge in [-0.3, -0.25) is 4.79 Å². The molecule has 0 aliphatic rings. The zero-order valence-corrected chi connectivity index (χ0v) is 17.9. The van der Waals surface area contributed by atoms with Gasteiger partial charge < -0.3 is 9.84 Å². The summed E-state index contributed by atoms with van der Waals surface area (Å²) in [6.45, 7) is 7.92. The molecule has 3 aromatic rings. The third kappa shape index (κ3) is 5.69. The van der Waals surface area contributed by atoms with Crippen molar-refractivity contribution >= 4 is 22.4 Å². The van der Waals surface area contributed by atoms with Crippen LogP contribution >= 0.6 is 11.3 Å². The van der Waals surface area contributed by atoms with E-state index in [9.17, 15) is 9.18 Å². The van der Waals surface area contributed by atoms with E-state index in [0.29, 0.717) is 48.1 Å². The fraction of sp³-hybridized carbons (Fsp3) is 0.429. The van der Waals surface area contributed by atoms with Crippen molar-refractivity contribution in [2.45, 2.75) is 58.8 Å². The van der Waals surface area contributed by atoms with Gasteiger partial charge in [-0.1, -0.05) is 44.1 Å². The molecule has 0 atom stereocenters. The highest BCUT2D eigenvalue weighted by atomic mass is 32.1. The van der Waals surface area contributed by atoms with Crippen LogP contribution in [0.5, 0.6) is 0 Å². The number of hydrogen-bond acceptors (Lipinski definition) is 6. The van der Waals surface area contributed by atoms with E-state index in [-0.39, 0.29) is 17.1 Å². The lowest BCUT2D eigenvalue weighted by Crippen LogP contribution is -2.13. The second kappa shape index (κ2) is 8.82. The monoisotopic (exact) mass is 416 g/mol. The fourth-order valence-corrected chi connectivity index (χ4v) is 3.71. The molecule has 3 rings (SSSR count). The summed E-state index contributed by atoms with van der Waals surface area (Å²) >= 11 is 1.38. The molecular formula is C21H25FN4O2S. The minimum absolute atomic E-state index is 0.119. The van der Waals surface area contributed by atoms with Crippen LogP contribution in [-0.2, 0) is 23.1 Å². The number of anilines is 1.